The van der Waals surface area contributed by atoms with Crippen molar-refractivity contribution in [1.29, 1.82) is 0 Å². The number of rotatable bonds is 4. The maximum atomic E-state index is 13.4. The number of nitrogens with zero attached hydrogens (tertiary/aromatic N) is 1. The summed E-state index contributed by atoms with van der Waals surface area (Å²) in [5.74, 6) is 0.508. The van der Waals surface area contributed by atoms with Crippen molar-refractivity contribution in [2.75, 3.05) is 7.11 Å². The highest BCUT2D eigenvalue weighted by molar-refractivity contribution is 7.91. The fourth-order valence-corrected chi connectivity index (χ4v) is 4.58. The molecule has 3 aromatic carbocycles. The Balaban J connectivity index is 2.10. The molecule has 30 heavy (non-hydrogen) atoms. The minimum atomic E-state index is -3.85. The monoisotopic (exact) mass is 419 g/mol. The summed E-state index contributed by atoms with van der Waals surface area (Å²) in [4.78, 5) is 4.81. The van der Waals surface area contributed by atoms with Crippen LogP contribution in [0.5, 0.6) is 5.75 Å². The highest BCUT2D eigenvalue weighted by Gasteiger charge is 2.23. The Morgan fingerprint density at radius 1 is 0.900 bits per heavy atom. The van der Waals surface area contributed by atoms with E-state index >= 15 is 0 Å². The lowest BCUT2D eigenvalue weighted by molar-refractivity contribution is 0.404. The van der Waals surface area contributed by atoms with Gasteiger partial charge in [0.1, 0.15) is 4.90 Å². The van der Waals surface area contributed by atoms with Gasteiger partial charge in [0.25, 0.3) is 0 Å². The summed E-state index contributed by atoms with van der Waals surface area (Å²) in [6.45, 7) is 3.88. The van der Waals surface area contributed by atoms with Crippen LogP contribution in [0.3, 0.4) is 0 Å². The molecule has 0 fully saturated rings. The number of para-hydroxylation sites is 1. The minimum absolute atomic E-state index is 0.00959. The molecule has 0 bridgehead atoms. The van der Waals surface area contributed by atoms with Crippen molar-refractivity contribution in [3.05, 3.63) is 89.5 Å². The smallest absolute Gasteiger partial charge is 0.239 e. The zero-order valence-corrected chi connectivity index (χ0v) is 17.7. The van der Waals surface area contributed by atoms with Gasteiger partial charge in [-0.1, -0.05) is 42.5 Å². The molecule has 5 nitrogen and oxygen atoms in total. The van der Waals surface area contributed by atoms with Crippen LogP contribution in [-0.2, 0) is 9.84 Å². The van der Waals surface area contributed by atoms with Gasteiger partial charge in [0.05, 0.1) is 17.7 Å². The van der Waals surface area contributed by atoms with Gasteiger partial charge in [-0.2, -0.15) is 0 Å². The summed E-state index contributed by atoms with van der Waals surface area (Å²) in [7, 11) is -2.31. The first-order valence-electron chi connectivity index (χ1n) is 9.43. The van der Waals surface area contributed by atoms with E-state index in [2.05, 4.69) is 4.99 Å². The summed E-state index contributed by atoms with van der Waals surface area (Å²) < 4.78 is 38.3. The first kappa shape index (κ1) is 19.9. The molecule has 0 saturated heterocycles. The molecule has 4 rings (SSSR count). The van der Waals surface area contributed by atoms with Gasteiger partial charge in [-0.3, -0.25) is 0 Å². The summed E-state index contributed by atoms with van der Waals surface area (Å²) in [6.07, 6.45) is 0. The van der Waals surface area contributed by atoms with Gasteiger partial charge in [0.15, 0.2) is 11.3 Å². The second-order valence-corrected chi connectivity index (χ2v) is 8.93. The summed E-state index contributed by atoms with van der Waals surface area (Å²) >= 11 is 0. The van der Waals surface area contributed by atoms with Crippen LogP contribution in [0.1, 0.15) is 11.1 Å². The SMILES string of the molecule is COc1cccc2cc(S(=O)(=O)c3ccccc3)c(=Nc3cc(C)ccc3C)oc12. The molecule has 0 radical (unpaired) electrons. The lowest BCUT2D eigenvalue weighted by atomic mass is 10.1. The molecule has 152 valence electrons. The van der Waals surface area contributed by atoms with Gasteiger partial charge in [-0.25, -0.2) is 13.4 Å². The molecule has 0 aliphatic carbocycles. The van der Waals surface area contributed by atoms with E-state index in [1.807, 2.05) is 32.0 Å². The molecule has 1 heterocycles. The van der Waals surface area contributed by atoms with Crippen molar-refractivity contribution in [1.82, 2.24) is 0 Å². The van der Waals surface area contributed by atoms with E-state index in [-0.39, 0.29) is 15.3 Å². The van der Waals surface area contributed by atoms with E-state index in [9.17, 15) is 8.42 Å². The molecule has 0 saturated carbocycles. The van der Waals surface area contributed by atoms with E-state index in [4.69, 9.17) is 9.15 Å². The molecule has 4 aromatic rings. The van der Waals surface area contributed by atoms with E-state index < -0.39 is 9.84 Å². The van der Waals surface area contributed by atoms with Crippen LogP contribution in [0, 0.1) is 13.8 Å². The van der Waals surface area contributed by atoms with E-state index in [0.29, 0.717) is 22.4 Å². The zero-order valence-electron chi connectivity index (χ0n) is 16.9. The zero-order chi connectivity index (χ0) is 21.3. The number of fused-ring (bicyclic) bond motifs is 1. The highest BCUT2D eigenvalue weighted by Crippen LogP contribution is 2.28. The number of benzene rings is 3. The quantitative estimate of drug-likeness (QED) is 0.460. The maximum Gasteiger partial charge on any atom is 0.239 e. The van der Waals surface area contributed by atoms with Gasteiger partial charge in [0, 0.05) is 5.39 Å². The maximum absolute atomic E-state index is 13.4. The molecule has 0 spiro atoms. The summed E-state index contributed by atoms with van der Waals surface area (Å²) in [6, 6.07) is 21.0. The molecule has 6 heteroatoms. The van der Waals surface area contributed by atoms with E-state index in [0.717, 1.165) is 11.1 Å². The molecule has 0 aliphatic heterocycles. The molecular formula is C24H21NO4S. The Labute approximate surface area is 175 Å². The first-order valence-corrected chi connectivity index (χ1v) is 10.9. The highest BCUT2D eigenvalue weighted by atomic mass is 32.2. The fourth-order valence-electron chi connectivity index (χ4n) is 3.21. The average molecular weight is 420 g/mol. The number of methoxy groups -OCH3 is 1. The Morgan fingerprint density at radius 2 is 1.67 bits per heavy atom. The number of ether oxygens (including phenoxy) is 1. The normalized spacial score (nSPS) is 12.3. The molecule has 0 N–H and O–H groups in total. The third kappa shape index (κ3) is 3.62. The second kappa shape index (κ2) is 7.80. The summed E-state index contributed by atoms with van der Waals surface area (Å²) in [5, 5.41) is 0.615. The Hall–Kier alpha value is -3.38. The van der Waals surface area contributed by atoms with Crippen LogP contribution in [0.4, 0.5) is 5.69 Å². The number of aryl methyl sites for hydroxylation is 2. The standard InChI is InChI=1S/C24H21NO4S/c1-16-12-13-17(2)20(14-16)25-24-22(30(26,27)19-9-5-4-6-10-19)15-18-8-7-11-21(28-3)23(18)29-24/h4-15H,1-3H3. The minimum Gasteiger partial charge on any atom is -0.493 e. The molecular weight excluding hydrogens is 398 g/mol. The first-order chi connectivity index (χ1) is 14.4. The van der Waals surface area contributed by atoms with Gasteiger partial charge in [0.2, 0.25) is 15.4 Å². The average Bonchev–Trinajstić information content (AvgIpc) is 2.76. The van der Waals surface area contributed by atoms with E-state index in [1.54, 1.807) is 61.7 Å². The van der Waals surface area contributed by atoms with Crippen molar-refractivity contribution in [2.45, 2.75) is 23.6 Å². The van der Waals surface area contributed by atoms with Crippen molar-refractivity contribution < 1.29 is 17.6 Å². The van der Waals surface area contributed by atoms with Crippen molar-refractivity contribution in [2.24, 2.45) is 4.99 Å². The number of hydrogen-bond acceptors (Lipinski definition) is 5. The Kier molecular flexibility index (Phi) is 5.18. The van der Waals surface area contributed by atoms with Gasteiger partial charge in [-0.15, -0.1) is 0 Å². The van der Waals surface area contributed by atoms with Crippen LogP contribution >= 0.6 is 0 Å². The summed E-state index contributed by atoms with van der Waals surface area (Å²) in [5.41, 5.74) is 3.04. The van der Waals surface area contributed by atoms with Crippen molar-refractivity contribution >= 4 is 26.5 Å². The van der Waals surface area contributed by atoms with Crippen LogP contribution in [0.2, 0.25) is 0 Å². The molecule has 0 amide bonds. The molecule has 0 unspecified atom stereocenters. The third-order valence-corrected chi connectivity index (χ3v) is 6.62. The van der Waals surface area contributed by atoms with E-state index in [1.165, 1.54) is 0 Å². The van der Waals surface area contributed by atoms with Crippen LogP contribution < -0.4 is 10.3 Å². The van der Waals surface area contributed by atoms with Gasteiger partial charge >= 0.3 is 0 Å². The third-order valence-electron chi connectivity index (χ3n) is 4.86. The molecule has 1 aromatic heterocycles. The second-order valence-electron chi connectivity index (χ2n) is 7.01. The molecule has 0 aliphatic rings. The topological polar surface area (TPSA) is 68.9 Å². The number of sulfone groups is 1. The predicted octanol–water partition coefficient (Wildman–Crippen LogP) is 5.12. The van der Waals surface area contributed by atoms with Crippen molar-refractivity contribution in [3.63, 3.8) is 0 Å². The van der Waals surface area contributed by atoms with Crippen LogP contribution in [0.15, 0.2) is 92.0 Å². The molecule has 0 atom stereocenters. The van der Waals surface area contributed by atoms with Crippen LogP contribution in [-0.4, -0.2) is 15.5 Å². The predicted molar refractivity (Wildman–Crippen MR) is 116 cm³/mol. The fraction of sp³-hybridized carbons (Fsp3) is 0.125. The lowest BCUT2D eigenvalue weighted by Gasteiger charge is -2.09. The Morgan fingerprint density at radius 3 is 2.40 bits per heavy atom. The van der Waals surface area contributed by atoms with Crippen LogP contribution in [0.25, 0.3) is 11.0 Å². The van der Waals surface area contributed by atoms with Gasteiger partial charge < -0.3 is 9.15 Å². The number of hydrogen-bond donors (Lipinski definition) is 0. The lowest BCUT2D eigenvalue weighted by Crippen LogP contribution is -2.16. The largest absolute Gasteiger partial charge is 0.493 e. The Bertz CT molecular complexity index is 1400. The van der Waals surface area contributed by atoms with Crippen molar-refractivity contribution in [3.8, 4) is 5.75 Å². The van der Waals surface area contributed by atoms with Gasteiger partial charge in [-0.05, 0) is 55.3 Å².